The van der Waals surface area contributed by atoms with Gasteiger partial charge in [-0.25, -0.2) is 4.98 Å². The molecule has 1 aliphatic carbocycles. The number of ether oxygens (including phenoxy) is 1. The highest BCUT2D eigenvalue weighted by atomic mass is 35.5. The number of anilines is 1. The van der Waals surface area contributed by atoms with Crippen LogP contribution >= 0.6 is 11.6 Å². The second-order valence-corrected chi connectivity index (χ2v) is 9.47. The van der Waals surface area contributed by atoms with Crippen LogP contribution in [0.5, 0.6) is 5.75 Å². The SMILES string of the molecule is Cc1ccc(C)c(OCC(=O)NC2CCC(Nc3cc(C(F)(F)F)nc4ccc(Cl)cc34)CC2)c1. The highest BCUT2D eigenvalue weighted by Gasteiger charge is 2.34. The summed E-state index contributed by atoms with van der Waals surface area (Å²) in [5.41, 5.74) is 1.67. The lowest BCUT2D eigenvalue weighted by Gasteiger charge is -2.30. The molecule has 35 heavy (non-hydrogen) atoms. The fourth-order valence-electron chi connectivity index (χ4n) is 4.34. The third-order valence-corrected chi connectivity index (χ3v) is 6.45. The van der Waals surface area contributed by atoms with Crippen molar-refractivity contribution >= 4 is 34.1 Å². The van der Waals surface area contributed by atoms with Crippen LogP contribution in [-0.4, -0.2) is 29.6 Å². The lowest BCUT2D eigenvalue weighted by molar-refractivity contribution is -0.140. The number of halogens is 4. The summed E-state index contributed by atoms with van der Waals surface area (Å²) in [5.74, 6) is 0.503. The Labute approximate surface area is 207 Å². The van der Waals surface area contributed by atoms with E-state index < -0.39 is 11.9 Å². The molecule has 5 nitrogen and oxygen atoms in total. The monoisotopic (exact) mass is 505 g/mol. The maximum absolute atomic E-state index is 13.4. The van der Waals surface area contributed by atoms with E-state index >= 15 is 0 Å². The smallest absolute Gasteiger partial charge is 0.433 e. The molecule has 1 saturated carbocycles. The zero-order valence-electron chi connectivity index (χ0n) is 19.5. The Morgan fingerprint density at radius 1 is 1.06 bits per heavy atom. The van der Waals surface area contributed by atoms with Gasteiger partial charge in [-0.05, 0) is 81.0 Å². The maximum atomic E-state index is 13.4. The molecule has 4 rings (SSSR count). The summed E-state index contributed by atoms with van der Waals surface area (Å²) in [6.45, 7) is 3.83. The third kappa shape index (κ3) is 6.36. The first-order valence-corrected chi connectivity index (χ1v) is 11.9. The molecule has 0 saturated heterocycles. The molecule has 0 bridgehead atoms. The number of pyridine rings is 1. The zero-order valence-corrected chi connectivity index (χ0v) is 20.3. The van der Waals surface area contributed by atoms with Gasteiger partial charge in [0.05, 0.1) is 5.52 Å². The van der Waals surface area contributed by atoms with Gasteiger partial charge in [0.2, 0.25) is 0 Å². The van der Waals surface area contributed by atoms with Gasteiger partial charge in [-0.15, -0.1) is 0 Å². The fourth-order valence-corrected chi connectivity index (χ4v) is 4.51. The number of amides is 1. The van der Waals surface area contributed by atoms with Crippen LogP contribution in [0, 0.1) is 13.8 Å². The topological polar surface area (TPSA) is 63.2 Å². The van der Waals surface area contributed by atoms with E-state index in [4.69, 9.17) is 16.3 Å². The summed E-state index contributed by atoms with van der Waals surface area (Å²) in [4.78, 5) is 16.1. The van der Waals surface area contributed by atoms with Gasteiger partial charge in [-0.3, -0.25) is 4.79 Å². The quantitative estimate of drug-likeness (QED) is 0.404. The summed E-state index contributed by atoms with van der Waals surface area (Å²) < 4.78 is 45.8. The average Bonchev–Trinajstić information content (AvgIpc) is 2.80. The summed E-state index contributed by atoms with van der Waals surface area (Å²) >= 11 is 6.08. The number of carbonyl (C=O) groups is 1. The van der Waals surface area contributed by atoms with E-state index in [9.17, 15) is 18.0 Å². The second kappa shape index (κ2) is 10.3. The molecule has 9 heteroatoms. The lowest BCUT2D eigenvalue weighted by atomic mass is 9.90. The molecule has 0 radical (unpaired) electrons. The van der Waals surface area contributed by atoms with E-state index in [1.807, 2.05) is 32.0 Å². The van der Waals surface area contributed by atoms with Crippen LogP contribution in [0.2, 0.25) is 5.02 Å². The number of aromatic nitrogens is 1. The lowest BCUT2D eigenvalue weighted by Crippen LogP contribution is -2.42. The number of hydrogen-bond acceptors (Lipinski definition) is 4. The molecular weight excluding hydrogens is 479 g/mol. The van der Waals surface area contributed by atoms with E-state index in [1.54, 1.807) is 6.07 Å². The Bertz CT molecular complexity index is 1220. The minimum atomic E-state index is -4.55. The average molecular weight is 506 g/mol. The highest BCUT2D eigenvalue weighted by molar-refractivity contribution is 6.31. The molecule has 0 atom stereocenters. The third-order valence-electron chi connectivity index (χ3n) is 6.22. The minimum absolute atomic E-state index is 0.00267. The number of fused-ring (bicyclic) bond motifs is 1. The Hall–Kier alpha value is -3.00. The number of nitrogens with one attached hydrogen (secondary N) is 2. The highest BCUT2D eigenvalue weighted by Crippen LogP contribution is 2.35. The molecule has 0 aliphatic heterocycles. The summed E-state index contributed by atoms with van der Waals surface area (Å²) in [6.07, 6.45) is -1.72. The van der Waals surface area contributed by atoms with Crippen molar-refractivity contribution in [1.29, 1.82) is 0 Å². The number of rotatable bonds is 6. The number of aryl methyl sites for hydroxylation is 2. The van der Waals surface area contributed by atoms with Gasteiger partial charge >= 0.3 is 6.18 Å². The van der Waals surface area contributed by atoms with E-state index in [-0.39, 0.29) is 30.1 Å². The number of benzene rings is 2. The fraction of sp³-hybridized carbons (Fsp3) is 0.385. The van der Waals surface area contributed by atoms with Gasteiger partial charge in [0.15, 0.2) is 6.61 Å². The predicted octanol–water partition coefficient (Wildman–Crippen LogP) is 6.44. The Balaban J connectivity index is 1.35. The van der Waals surface area contributed by atoms with Crippen molar-refractivity contribution in [3.8, 4) is 5.75 Å². The zero-order chi connectivity index (χ0) is 25.2. The molecular formula is C26H27ClF3N3O2. The molecule has 1 aliphatic rings. The van der Waals surface area contributed by atoms with Gasteiger partial charge in [-0.2, -0.15) is 13.2 Å². The van der Waals surface area contributed by atoms with Crippen molar-refractivity contribution in [3.05, 3.63) is 64.3 Å². The van der Waals surface area contributed by atoms with Crippen molar-refractivity contribution in [3.63, 3.8) is 0 Å². The van der Waals surface area contributed by atoms with Gasteiger partial charge < -0.3 is 15.4 Å². The van der Waals surface area contributed by atoms with Gasteiger partial charge in [0.25, 0.3) is 5.91 Å². The van der Waals surface area contributed by atoms with Gasteiger partial charge in [0, 0.05) is 28.2 Å². The van der Waals surface area contributed by atoms with Crippen LogP contribution in [-0.2, 0) is 11.0 Å². The molecule has 1 fully saturated rings. The van der Waals surface area contributed by atoms with Crippen LogP contribution in [0.4, 0.5) is 18.9 Å². The number of hydrogen-bond donors (Lipinski definition) is 2. The largest absolute Gasteiger partial charge is 0.483 e. The summed E-state index contributed by atoms with van der Waals surface area (Å²) in [6, 6.07) is 11.5. The predicted molar refractivity (Wildman–Crippen MR) is 131 cm³/mol. The Morgan fingerprint density at radius 2 is 1.77 bits per heavy atom. The van der Waals surface area contributed by atoms with E-state index in [0.717, 1.165) is 17.2 Å². The first kappa shape index (κ1) is 25.1. The van der Waals surface area contributed by atoms with Crippen molar-refractivity contribution in [2.45, 2.75) is 57.8 Å². The van der Waals surface area contributed by atoms with Crippen molar-refractivity contribution < 1.29 is 22.7 Å². The number of alkyl halides is 3. The first-order valence-electron chi connectivity index (χ1n) is 11.5. The molecule has 2 aromatic carbocycles. The molecule has 1 heterocycles. The summed E-state index contributed by atoms with van der Waals surface area (Å²) in [7, 11) is 0. The molecule has 1 amide bonds. The standard InChI is InChI=1S/C26H27ClF3N3O2/c1-15-3-4-16(2)23(11-15)35-14-25(34)32-19-8-6-18(7-9-19)31-22-13-24(26(28,29)30)33-21-10-5-17(27)12-20(21)22/h3-5,10-13,18-19H,6-9,14H2,1-2H3,(H,31,33)(H,32,34). The van der Waals surface area contributed by atoms with Gasteiger partial charge in [-0.1, -0.05) is 23.7 Å². The van der Waals surface area contributed by atoms with Crippen molar-refractivity contribution in [1.82, 2.24) is 10.3 Å². The normalized spacial score (nSPS) is 18.3. The Morgan fingerprint density at radius 3 is 2.49 bits per heavy atom. The van der Waals surface area contributed by atoms with Crippen LogP contribution in [0.3, 0.4) is 0 Å². The van der Waals surface area contributed by atoms with E-state index in [1.165, 1.54) is 12.1 Å². The van der Waals surface area contributed by atoms with Crippen molar-refractivity contribution in [2.75, 3.05) is 11.9 Å². The first-order chi connectivity index (χ1) is 16.6. The van der Waals surface area contributed by atoms with Crippen LogP contribution in [0.1, 0.15) is 42.5 Å². The molecule has 1 aromatic heterocycles. The molecule has 2 N–H and O–H groups in total. The Kier molecular flexibility index (Phi) is 7.40. The van der Waals surface area contributed by atoms with Crippen LogP contribution in [0.15, 0.2) is 42.5 Å². The van der Waals surface area contributed by atoms with Crippen molar-refractivity contribution in [2.24, 2.45) is 0 Å². The van der Waals surface area contributed by atoms with E-state index in [0.29, 0.717) is 47.5 Å². The molecule has 0 spiro atoms. The minimum Gasteiger partial charge on any atom is -0.483 e. The molecule has 0 unspecified atom stereocenters. The molecule has 186 valence electrons. The van der Waals surface area contributed by atoms with Crippen LogP contribution < -0.4 is 15.4 Å². The van der Waals surface area contributed by atoms with E-state index in [2.05, 4.69) is 15.6 Å². The molecule has 3 aromatic rings. The number of nitrogens with zero attached hydrogens (tertiary/aromatic N) is 1. The van der Waals surface area contributed by atoms with Gasteiger partial charge in [0.1, 0.15) is 11.4 Å². The number of carbonyl (C=O) groups excluding carboxylic acids is 1. The summed E-state index contributed by atoms with van der Waals surface area (Å²) in [5, 5.41) is 7.24. The maximum Gasteiger partial charge on any atom is 0.433 e. The van der Waals surface area contributed by atoms with Crippen LogP contribution in [0.25, 0.3) is 10.9 Å². The second-order valence-electron chi connectivity index (χ2n) is 9.03.